The Morgan fingerprint density at radius 1 is 0.861 bits per heavy atom. The van der Waals surface area contributed by atoms with Gasteiger partial charge >= 0.3 is 11.8 Å². The number of rotatable bonds is 10. The van der Waals surface area contributed by atoms with Crippen molar-refractivity contribution < 1.29 is 28.6 Å². The van der Waals surface area contributed by atoms with Crippen molar-refractivity contribution >= 4 is 29.6 Å². The number of carbonyl (C=O) groups excluding carboxylic acids is 3. The molecule has 0 heterocycles. The third kappa shape index (κ3) is 7.87. The van der Waals surface area contributed by atoms with E-state index in [1.54, 1.807) is 42.5 Å². The predicted octanol–water partition coefficient (Wildman–Crippen LogP) is 2.49. The molecule has 36 heavy (non-hydrogen) atoms. The summed E-state index contributed by atoms with van der Waals surface area (Å²) in [6, 6.07) is 21.0. The Kier molecular flexibility index (Phi) is 9.40. The monoisotopic (exact) mass is 490 g/mol. The summed E-state index contributed by atoms with van der Waals surface area (Å²) in [5.41, 5.74) is 4.16. The maximum Gasteiger partial charge on any atom is 0.329 e. The second-order valence-electron chi connectivity index (χ2n) is 7.34. The number of carbonyl (C=O) groups is 3. The minimum Gasteiger partial charge on any atom is -0.497 e. The average Bonchev–Trinajstić information content (AvgIpc) is 2.91. The molecule has 0 fully saturated rings. The van der Waals surface area contributed by atoms with Crippen molar-refractivity contribution in [2.45, 2.75) is 6.54 Å². The van der Waals surface area contributed by atoms with E-state index in [1.165, 1.54) is 20.4 Å². The molecular formula is C26H26N4O6. The van der Waals surface area contributed by atoms with Crippen LogP contribution in [0.4, 0.5) is 5.69 Å². The van der Waals surface area contributed by atoms with Crippen LogP contribution in [0.3, 0.4) is 0 Å². The molecule has 0 saturated heterocycles. The van der Waals surface area contributed by atoms with Crippen molar-refractivity contribution in [3.05, 3.63) is 83.9 Å². The highest BCUT2D eigenvalue weighted by Crippen LogP contribution is 2.27. The maximum atomic E-state index is 12.1. The van der Waals surface area contributed by atoms with Gasteiger partial charge in [-0.15, -0.1) is 0 Å². The summed E-state index contributed by atoms with van der Waals surface area (Å²) >= 11 is 0. The summed E-state index contributed by atoms with van der Waals surface area (Å²) < 4.78 is 15.9. The van der Waals surface area contributed by atoms with Crippen molar-refractivity contribution in [2.75, 3.05) is 26.1 Å². The van der Waals surface area contributed by atoms with E-state index in [0.717, 1.165) is 5.56 Å². The van der Waals surface area contributed by atoms with Crippen LogP contribution in [-0.2, 0) is 20.9 Å². The van der Waals surface area contributed by atoms with Gasteiger partial charge in [0.2, 0.25) is 0 Å². The lowest BCUT2D eigenvalue weighted by atomic mass is 10.2. The molecule has 3 rings (SSSR count). The van der Waals surface area contributed by atoms with Gasteiger partial charge in [0.1, 0.15) is 5.75 Å². The zero-order valence-corrected chi connectivity index (χ0v) is 19.8. The molecule has 0 aliphatic heterocycles. The molecule has 10 heteroatoms. The maximum absolute atomic E-state index is 12.1. The third-order valence-electron chi connectivity index (χ3n) is 4.81. The van der Waals surface area contributed by atoms with Gasteiger partial charge < -0.3 is 24.8 Å². The average molecular weight is 491 g/mol. The number of ether oxygens (including phenoxy) is 3. The first-order chi connectivity index (χ1) is 17.5. The minimum absolute atomic E-state index is 0.185. The molecule has 10 nitrogen and oxygen atoms in total. The number of hydrogen-bond donors (Lipinski definition) is 3. The van der Waals surface area contributed by atoms with Gasteiger partial charge in [0.25, 0.3) is 5.91 Å². The van der Waals surface area contributed by atoms with Gasteiger partial charge in [0.15, 0.2) is 18.1 Å². The predicted molar refractivity (Wildman–Crippen MR) is 134 cm³/mol. The summed E-state index contributed by atoms with van der Waals surface area (Å²) in [7, 11) is 2.99. The zero-order chi connectivity index (χ0) is 25.8. The lowest BCUT2D eigenvalue weighted by Crippen LogP contribution is -2.32. The Labute approximate surface area is 208 Å². The van der Waals surface area contributed by atoms with E-state index in [-0.39, 0.29) is 12.5 Å². The fraction of sp³-hybridized carbons (Fsp3) is 0.154. The molecule has 186 valence electrons. The van der Waals surface area contributed by atoms with Crippen molar-refractivity contribution in [1.82, 2.24) is 10.7 Å². The van der Waals surface area contributed by atoms with E-state index in [0.29, 0.717) is 35.0 Å². The summed E-state index contributed by atoms with van der Waals surface area (Å²) in [5, 5.41) is 9.04. The standard InChI is InChI=1S/C26H26N4O6/c1-34-21-11-9-20(10-12-21)29-25(32)26(33)30-28-16-19-8-13-22(23(14-19)35-2)36-17-24(31)27-15-18-6-4-3-5-7-18/h3-14,16H,15,17H2,1-2H3,(H,27,31)(H,29,32)(H,30,33). The molecule has 0 bridgehead atoms. The highest BCUT2D eigenvalue weighted by molar-refractivity contribution is 6.39. The van der Waals surface area contributed by atoms with Crippen LogP contribution in [0.2, 0.25) is 0 Å². The Morgan fingerprint density at radius 2 is 1.61 bits per heavy atom. The lowest BCUT2D eigenvalue weighted by Gasteiger charge is -2.11. The van der Waals surface area contributed by atoms with E-state index < -0.39 is 11.8 Å². The van der Waals surface area contributed by atoms with E-state index in [2.05, 4.69) is 21.2 Å². The van der Waals surface area contributed by atoms with Gasteiger partial charge in [0, 0.05) is 12.2 Å². The molecule has 0 radical (unpaired) electrons. The number of anilines is 1. The first kappa shape index (κ1) is 25.8. The fourth-order valence-electron chi connectivity index (χ4n) is 2.95. The van der Waals surface area contributed by atoms with Gasteiger partial charge in [-0.2, -0.15) is 5.10 Å². The van der Waals surface area contributed by atoms with E-state index in [4.69, 9.17) is 14.2 Å². The molecule has 0 aromatic heterocycles. The Bertz CT molecular complexity index is 1210. The lowest BCUT2D eigenvalue weighted by molar-refractivity contribution is -0.136. The molecule has 3 aromatic rings. The van der Waals surface area contributed by atoms with Crippen LogP contribution in [0, 0.1) is 0 Å². The van der Waals surface area contributed by atoms with Gasteiger partial charge in [0.05, 0.1) is 20.4 Å². The van der Waals surface area contributed by atoms with Crippen molar-refractivity contribution in [3.63, 3.8) is 0 Å². The summed E-state index contributed by atoms with van der Waals surface area (Å²) in [6.45, 7) is 0.218. The fourth-order valence-corrected chi connectivity index (χ4v) is 2.95. The molecular weight excluding hydrogens is 464 g/mol. The molecule has 0 spiro atoms. The zero-order valence-electron chi connectivity index (χ0n) is 19.8. The molecule has 0 aliphatic carbocycles. The SMILES string of the molecule is COc1ccc(NC(=O)C(=O)NN=Cc2ccc(OCC(=O)NCc3ccccc3)c(OC)c2)cc1. The molecule has 0 aliphatic rings. The van der Waals surface area contributed by atoms with Crippen LogP contribution in [0.1, 0.15) is 11.1 Å². The number of methoxy groups -OCH3 is 2. The second-order valence-corrected chi connectivity index (χ2v) is 7.34. The molecule has 0 unspecified atom stereocenters. The molecule has 0 atom stereocenters. The Morgan fingerprint density at radius 3 is 2.31 bits per heavy atom. The van der Waals surface area contributed by atoms with Crippen LogP contribution >= 0.6 is 0 Å². The highest BCUT2D eigenvalue weighted by atomic mass is 16.5. The van der Waals surface area contributed by atoms with Crippen LogP contribution in [0.15, 0.2) is 77.9 Å². The number of amides is 3. The smallest absolute Gasteiger partial charge is 0.329 e. The number of hydrazone groups is 1. The number of benzene rings is 3. The van der Waals surface area contributed by atoms with Crippen LogP contribution in [-0.4, -0.2) is 44.8 Å². The first-order valence-corrected chi connectivity index (χ1v) is 10.9. The first-order valence-electron chi connectivity index (χ1n) is 10.9. The molecule has 3 aromatic carbocycles. The van der Waals surface area contributed by atoms with Crippen LogP contribution in [0.5, 0.6) is 17.2 Å². The molecule has 3 amide bonds. The molecule has 3 N–H and O–H groups in total. The van der Waals surface area contributed by atoms with Crippen LogP contribution < -0.4 is 30.3 Å². The third-order valence-corrected chi connectivity index (χ3v) is 4.81. The summed E-state index contributed by atoms with van der Waals surface area (Å²) in [5.74, 6) is -0.715. The largest absolute Gasteiger partial charge is 0.497 e. The van der Waals surface area contributed by atoms with E-state index in [9.17, 15) is 14.4 Å². The van der Waals surface area contributed by atoms with Crippen molar-refractivity contribution in [2.24, 2.45) is 5.10 Å². The van der Waals surface area contributed by atoms with E-state index in [1.807, 2.05) is 30.3 Å². The highest BCUT2D eigenvalue weighted by Gasteiger charge is 2.13. The van der Waals surface area contributed by atoms with Crippen molar-refractivity contribution in [1.29, 1.82) is 0 Å². The van der Waals surface area contributed by atoms with Gasteiger partial charge in [-0.05, 0) is 53.6 Å². The van der Waals surface area contributed by atoms with Gasteiger partial charge in [-0.1, -0.05) is 30.3 Å². The quantitative estimate of drug-likeness (QED) is 0.228. The Hall–Kier alpha value is -4.86. The topological polar surface area (TPSA) is 127 Å². The van der Waals surface area contributed by atoms with E-state index >= 15 is 0 Å². The second kappa shape index (κ2) is 13.1. The Balaban J connectivity index is 1.48. The minimum atomic E-state index is -0.935. The van der Waals surface area contributed by atoms with Gasteiger partial charge in [-0.25, -0.2) is 5.43 Å². The summed E-state index contributed by atoms with van der Waals surface area (Å²) in [6.07, 6.45) is 1.34. The molecule has 0 saturated carbocycles. The number of nitrogens with zero attached hydrogens (tertiary/aromatic N) is 1. The summed E-state index contributed by atoms with van der Waals surface area (Å²) in [4.78, 5) is 36.1. The number of hydrogen-bond acceptors (Lipinski definition) is 7. The van der Waals surface area contributed by atoms with Crippen LogP contribution in [0.25, 0.3) is 0 Å². The normalized spacial score (nSPS) is 10.4. The van der Waals surface area contributed by atoms with Gasteiger partial charge in [-0.3, -0.25) is 14.4 Å². The number of nitrogens with one attached hydrogen (secondary N) is 3. The van der Waals surface area contributed by atoms with Crippen molar-refractivity contribution in [3.8, 4) is 17.2 Å².